The van der Waals surface area contributed by atoms with Crippen LogP contribution in [0, 0.1) is 18.3 Å². The zero-order chi connectivity index (χ0) is 18.1. The van der Waals surface area contributed by atoms with Crippen molar-refractivity contribution in [3.63, 3.8) is 0 Å². The summed E-state index contributed by atoms with van der Waals surface area (Å²) in [5.74, 6) is -0.0243. The van der Waals surface area contributed by atoms with Crippen molar-refractivity contribution in [3.8, 4) is 0 Å². The molecule has 4 rings (SSSR count). The normalized spacial score (nSPS) is 23.7. The van der Waals surface area contributed by atoms with Gasteiger partial charge in [-0.15, -0.1) is 0 Å². The minimum Gasteiger partial charge on any atom is -0.326 e. The fourth-order valence-electron chi connectivity index (χ4n) is 3.91. The summed E-state index contributed by atoms with van der Waals surface area (Å²) in [5.41, 5.74) is 2.98. The molecule has 2 aromatic rings. The molecule has 134 valence electrons. The highest BCUT2D eigenvalue weighted by molar-refractivity contribution is 6.07. The summed E-state index contributed by atoms with van der Waals surface area (Å²) < 4.78 is 0. The molecule has 0 aromatic heterocycles. The molecule has 0 radical (unpaired) electrons. The molecule has 0 bridgehead atoms. The molecule has 5 heteroatoms. The van der Waals surface area contributed by atoms with Crippen molar-refractivity contribution in [2.45, 2.75) is 19.8 Å². The summed E-state index contributed by atoms with van der Waals surface area (Å²) in [4.78, 5) is 25.2. The number of benzene rings is 2. The molecule has 2 aliphatic rings. The van der Waals surface area contributed by atoms with Crippen LogP contribution < -0.4 is 16.0 Å². The topological polar surface area (TPSA) is 70.2 Å². The lowest BCUT2D eigenvalue weighted by molar-refractivity contribution is -0.118. The van der Waals surface area contributed by atoms with E-state index in [-0.39, 0.29) is 23.1 Å². The summed E-state index contributed by atoms with van der Waals surface area (Å²) in [6.45, 7) is 3.80. The van der Waals surface area contributed by atoms with E-state index in [1.807, 2.05) is 49.4 Å². The predicted octanol–water partition coefficient (Wildman–Crippen LogP) is 3.19. The van der Waals surface area contributed by atoms with Crippen LogP contribution in [0.1, 0.15) is 28.8 Å². The maximum absolute atomic E-state index is 12.6. The third kappa shape index (κ3) is 3.10. The highest BCUT2D eigenvalue weighted by atomic mass is 16.2. The molecule has 1 heterocycles. The van der Waals surface area contributed by atoms with Gasteiger partial charge in [0.15, 0.2) is 0 Å². The molecule has 1 aliphatic carbocycles. The van der Waals surface area contributed by atoms with Crippen LogP contribution in [0.4, 0.5) is 11.4 Å². The van der Waals surface area contributed by atoms with Gasteiger partial charge in [0.2, 0.25) is 5.91 Å². The lowest BCUT2D eigenvalue weighted by atomic mass is 10.0. The van der Waals surface area contributed by atoms with Gasteiger partial charge in [-0.2, -0.15) is 0 Å². The standard InChI is InChI=1S/C21H23N3O2/c1-14-16(19(25)23-15-6-3-2-4-7-15)8-5-9-18(14)24-20(26)17-12-21(17)10-11-22-13-21/h2-9,17,22H,10-13H2,1H3,(H,23,25)(H,24,26)/t17-,21+/m1/s1. The first-order chi connectivity index (χ1) is 12.6. The smallest absolute Gasteiger partial charge is 0.256 e. The minimum atomic E-state index is -0.173. The van der Waals surface area contributed by atoms with Crippen molar-refractivity contribution in [1.82, 2.24) is 5.32 Å². The molecule has 2 atom stereocenters. The third-order valence-electron chi connectivity index (χ3n) is 5.65. The molecule has 5 nitrogen and oxygen atoms in total. The van der Waals surface area contributed by atoms with Crippen LogP contribution in [-0.2, 0) is 4.79 Å². The molecule has 1 aliphatic heterocycles. The number of hydrogen-bond acceptors (Lipinski definition) is 3. The van der Waals surface area contributed by atoms with Gasteiger partial charge >= 0.3 is 0 Å². The third-order valence-corrected chi connectivity index (χ3v) is 5.65. The Morgan fingerprint density at radius 1 is 1.08 bits per heavy atom. The monoisotopic (exact) mass is 349 g/mol. The second-order valence-corrected chi connectivity index (χ2v) is 7.33. The number of para-hydroxylation sites is 1. The quantitative estimate of drug-likeness (QED) is 0.794. The zero-order valence-corrected chi connectivity index (χ0v) is 14.8. The molecule has 2 fully saturated rings. The molecule has 1 spiro atoms. The number of carbonyl (C=O) groups is 2. The Balaban J connectivity index is 1.47. The molecule has 2 amide bonds. The number of rotatable bonds is 4. The Bertz CT molecular complexity index is 842. The van der Waals surface area contributed by atoms with Crippen molar-refractivity contribution in [2.75, 3.05) is 23.7 Å². The van der Waals surface area contributed by atoms with Gasteiger partial charge < -0.3 is 16.0 Å². The predicted molar refractivity (Wildman–Crippen MR) is 102 cm³/mol. The molecule has 3 N–H and O–H groups in total. The van der Waals surface area contributed by atoms with E-state index in [0.29, 0.717) is 11.3 Å². The van der Waals surface area contributed by atoms with E-state index in [0.717, 1.165) is 37.2 Å². The van der Waals surface area contributed by atoms with Gasteiger partial charge in [0.05, 0.1) is 0 Å². The summed E-state index contributed by atoms with van der Waals surface area (Å²) in [5, 5.41) is 9.28. The van der Waals surface area contributed by atoms with Crippen molar-refractivity contribution < 1.29 is 9.59 Å². The van der Waals surface area contributed by atoms with Gasteiger partial charge in [-0.3, -0.25) is 9.59 Å². The number of nitrogens with one attached hydrogen (secondary N) is 3. The maximum Gasteiger partial charge on any atom is 0.256 e. The largest absolute Gasteiger partial charge is 0.326 e. The molecule has 26 heavy (non-hydrogen) atoms. The van der Waals surface area contributed by atoms with Gasteiger partial charge in [-0.1, -0.05) is 24.3 Å². The Kier molecular flexibility index (Phi) is 4.24. The van der Waals surface area contributed by atoms with E-state index in [4.69, 9.17) is 0 Å². The van der Waals surface area contributed by atoms with E-state index in [2.05, 4.69) is 16.0 Å². The highest BCUT2D eigenvalue weighted by Crippen LogP contribution is 2.56. The van der Waals surface area contributed by atoms with Crippen LogP contribution in [0.2, 0.25) is 0 Å². The first-order valence-corrected chi connectivity index (χ1v) is 9.07. The van der Waals surface area contributed by atoms with E-state index >= 15 is 0 Å². The van der Waals surface area contributed by atoms with Gasteiger partial charge in [-0.25, -0.2) is 0 Å². The van der Waals surface area contributed by atoms with Crippen molar-refractivity contribution in [2.24, 2.45) is 11.3 Å². The Morgan fingerprint density at radius 3 is 2.62 bits per heavy atom. The second-order valence-electron chi connectivity index (χ2n) is 7.33. The van der Waals surface area contributed by atoms with Gasteiger partial charge in [0.1, 0.15) is 0 Å². The molecule has 1 saturated heterocycles. The average molecular weight is 349 g/mol. The lowest BCUT2D eigenvalue weighted by Crippen LogP contribution is -2.21. The number of amides is 2. The summed E-state index contributed by atoms with van der Waals surface area (Å²) in [6, 6.07) is 14.8. The van der Waals surface area contributed by atoms with Crippen LogP contribution in [-0.4, -0.2) is 24.9 Å². The second kappa shape index (κ2) is 6.57. The molecule has 2 aromatic carbocycles. The fraction of sp³-hybridized carbons (Fsp3) is 0.333. The van der Waals surface area contributed by atoms with Crippen LogP contribution in [0.3, 0.4) is 0 Å². The summed E-state index contributed by atoms with van der Waals surface area (Å²) >= 11 is 0. The van der Waals surface area contributed by atoms with Crippen molar-refractivity contribution >= 4 is 23.2 Å². The SMILES string of the molecule is Cc1c(NC(=O)[C@H]2C[C@]23CCNC3)cccc1C(=O)Nc1ccccc1. The molecular weight excluding hydrogens is 326 g/mol. The van der Waals surface area contributed by atoms with E-state index < -0.39 is 0 Å². The minimum absolute atomic E-state index is 0.0671. The number of hydrogen-bond donors (Lipinski definition) is 3. The van der Waals surface area contributed by atoms with Crippen LogP contribution in [0.25, 0.3) is 0 Å². The molecular formula is C21H23N3O2. The van der Waals surface area contributed by atoms with Crippen molar-refractivity contribution in [3.05, 3.63) is 59.7 Å². The average Bonchev–Trinajstić information content (AvgIpc) is 3.14. The van der Waals surface area contributed by atoms with Crippen LogP contribution in [0.5, 0.6) is 0 Å². The van der Waals surface area contributed by atoms with E-state index in [9.17, 15) is 9.59 Å². The Morgan fingerprint density at radius 2 is 1.88 bits per heavy atom. The van der Waals surface area contributed by atoms with Crippen LogP contribution >= 0.6 is 0 Å². The number of carbonyl (C=O) groups excluding carboxylic acids is 2. The summed E-state index contributed by atoms with van der Waals surface area (Å²) in [7, 11) is 0. The first kappa shape index (κ1) is 16.8. The summed E-state index contributed by atoms with van der Waals surface area (Å²) in [6.07, 6.45) is 2.03. The van der Waals surface area contributed by atoms with Crippen molar-refractivity contribution in [1.29, 1.82) is 0 Å². The van der Waals surface area contributed by atoms with E-state index in [1.54, 1.807) is 6.07 Å². The first-order valence-electron chi connectivity index (χ1n) is 9.07. The highest BCUT2D eigenvalue weighted by Gasteiger charge is 2.58. The molecule has 0 unspecified atom stereocenters. The van der Waals surface area contributed by atoms with Gasteiger partial charge in [-0.05, 0) is 61.6 Å². The number of anilines is 2. The van der Waals surface area contributed by atoms with Gasteiger partial charge in [0.25, 0.3) is 5.91 Å². The Labute approximate surface area is 153 Å². The van der Waals surface area contributed by atoms with Crippen LogP contribution in [0.15, 0.2) is 48.5 Å². The van der Waals surface area contributed by atoms with E-state index in [1.165, 1.54) is 0 Å². The molecule has 1 saturated carbocycles. The Hall–Kier alpha value is -2.66. The van der Waals surface area contributed by atoms with Gasteiger partial charge in [0, 0.05) is 29.4 Å². The lowest BCUT2D eigenvalue weighted by Gasteiger charge is -2.14. The maximum atomic E-state index is 12.6. The zero-order valence-electron chi connectivity index (χ0n) is 14.8. The fourth-order valence-corrected chi connectivity index (χ4v) is 3.91.